The molecule has 0 bridgehead atoms. The second-order valence-electron chi connectivity index (χ2n) is 8.54. The summed E-state index contributed by atoms with van der Waals surface area (Å²) < 4.78 is 0. The van der Waals surface area contributed by atoms with E-state index in [4.69, 9.17) is 0 Å². The predicted molar refractivity (Wildman–Crippen MR) is 91.2 cm³/mol. The van der Waals surface area contributed by atoms with Gasteiger partial charge in [-0.2, -0.15) is 0 Å². The molecule has 1 N–H and O–H groups in total. The van der Waals surface area contributed by atoms with E-state index in [0.29, 0.717) is 5.41 Å². The SMILES string of the molecule is Cc1ccc2c(c1C)CC[C@@H]1[C@@H]2CC[C@@H]2C[C@@H](O)CC[C@@]21C. The highest BCUT2D eigenvalue weighted by molar-refractivity contribution is 5.44. The minimum absolute atomic E-state index is 0.0320. The van der Waals surface area contributed by atoms with Gasteiger partial charge in [0.25, 0.3) is 0 Å². The maximum atomic E-state index is 10.1. The third-order valence-corrected chi connectivity index (χ3v) is 7.67. The van der Waals surface area contributed by atoms with Crippen LogP contribution < -0.4 is 0 Å². The van der Waals surface area contributed by atoms with Gasteiger partial charge in [-0.25, -0.2) is 0 Å². The fraction of sp³-hybridized carbons (Fsp3) is 0.714. The molecule has 0 aromatic heterocycles. The first-order valence-electron chi connectivity index (χ1n) is 9.27. The predicted octanol–water partition coefficient (Wildman–Crippen LogP) is 4.91. The van der Waals surface area contributed by atoms with Crippen LogP contribution in [-0.2, 0) is 6.42 Å². The summed E-state index contributed by atoms with van der Waals surface area (Å²) in [5.74, 6) is 2.37. The van der Waals surface area contributed by atoms with Crippen LogP contribution in [0.4, 0.5) is 0 Å². The lowest BCUT2D eigenvalue weighted by Gasteiger charge is -2.56. The van der Waals surface area contributed by atoms with E-state index in [1.807, 2.05) is 0 Å². The Morgan fingerprint density at radius 3 is 2.73 bits per heavy atom. The third-order valence-electron chi connectivity index (χ3n) is 7.67. The van der Waals surface area contributed by atoms with Gasteiger partial charge in [-0.15, -0.1) is 0 Å². The van der Waals surface area contributed by atoms with E-state index in [-0.39, 0.29) is 6.10 Å². The highest BCUT2D eigenvalue weighted by Gasteiger charge is 2.51. The van der Waals surface area contributed by atoms with Gasteiger partial charge in [0.15, 0.2) is 0 Å². The van der Waals surface area contributed by atoms with Crippen LogP contribution in [0.2, 0.25) is 0 Å². The molecule has 1 nitrogen and oxygen atoms in total. The smallest absolute Gasteiger partial charge is 0.0543 e. The molecule has 22 heavy (non-hydrogen) atoms. The van der Waals surface area contributed by atoms with E-state index in [2.05, 4.69) is 32.9 Å². The van der Waals surface area contributed by atoms with Gasteiger partial charge in [-0.3, -0.25) is 0 Å². The van der Waals surface area contributed by atoms with E-state index in [0.717, 1.165) is 30.6 Å². The Kier molecular flexibility index (Phi) is 3.41. The molecule has 1 heteroatoms. The molecule has 0 unspecified atom stereocenters. The van der Waals surface area contributed by atoms with Crippen molar-refractivity contribution in [3.8, 4) is 0 Å². The lowest BCUT2D eigenvalue weighted by atomic mass is 9.49. The molecule has 2 fully saturated rings. The molecule has 0 saturated heterocycles. The summed E-state index contributed by atoms with van der Waals surface area (Å²) in [5, 5.41) is 10.1. The van der Waals surface area contributed by atoms with Gasteiger partial charge >= 0.3 is 0 Å². The summed E-state index contributed by atoms with van der Waals surface area (Å²) in [5.41, 5.74) is 6.81. The molecule has 2 saturated carbocycles. The van der Waals surface area contributed by atoms with Gasteiger partial charge in [0.05, 0.1) is 6.10 Å². The fourth-order valence-corrected chi connectivity index (χ4v) is 6.15. The van der Waals surface area contributed by atoms with Crippen molar-refractivity contribution in [2.45, 2.75) is 77.7 Å². The molecule has 3 aliphatic carbocycles. The third kappa shape index (κ3) is 2.01. The zero-order chi connectivity index (χ0) is 15.5. The first-order valence-corrected chi connectivity index (χ1v) is 9.27. The van der Waals surface area contributed by atoms with Crippen molar-refractivity contribution in [2.24, 2.45) is 17.3 Å². The first kappa shape index (κ1) is 14.8. The van der Waals surface area contributed by atoms with Crippen LogP contribution >= 0.6 is 0 Å². The number of hydrogen-bond acceptors (Lipinski definition) is 1. The monoisotopic (exact) mass is 298 g/mol. The molecular weight excluding hydrogens is 268 g/mol. The molecule has 1 aromatic carbocycles. The van der Waals surface area contributed by atoms with Crippen LogP contribution in [0.3, 0.4) is 0 Å². The molecule has 0 amide bonds. The van der Waals surface area contributed by atoms with Gasteiger partial charge in [0, 0.05) is 0 Å². The normalized spacial score (nSPS) is 40.5. The number of hydrogen-bond donors (Lipinski definition) is 1. The Balaban J connectivity index is 1.72. The van der Waals surface area contributed by atoms with E-state index in [1.165, 1.54) is 37.7 Å². The average molecular weight is 298 g/mol. The van der Waals surface area contributed by atoms with Crippen LogP contribution in [0.15, 0.2) is 12.1 Å². The fourth-order valence-electron chi connectivity index (χ4n) is 6.15. The molecule has 3 aliphatic rings. The van der Waals surface area contributed by atoms with Crippen molar-refractivity contribution in [3.05, 3.63) is 34.4 Å². The second-order valence-corrected chi connectivity index (χ2v) is 8.54. The Morgan fingerprint density at radius 2 is 1.91 bits per heavy atom. The lowest BCUT2D eigenvalue weighted by molar-refractivity contribution is -0.0606. The Hall–Kier alpha value is -0.820. The van der Waals surface area contributed by atoms with Gasteiger partial charge in [0.2, 0.25) is 0 Å². The van der Waals surface area contributed by atoms with Crippen molar-refractivity contribution in [1.82, 2.24) is 0 Å². The van der Waals surface area contributed by atoms with Gasteiger partial charge < -0.3 is 5.11 Å². The van der Waals surface area contributed by atoms with Crippen molar-refractivity contribution >= 4 is 0 Å². The quantitative estimate of drug-likeness (QED) is 0.721. The number of aliphatic hydroxyl groups is 1. The largest absolute Gasteiger partial charge is 0.393 e. The minimum Gasteiger partial charge on any atom is -0.393 e. The van der Waals surface area contributed by atoms with Crippen molar-refractivity contribution < 1.29 is 5.11 Å². The number of rotatable bonds is 0. The molecular formula is C21H30O. The summed E-state index contributed by atoms with van der Waals surface area (Å²) in [7, 11) is 0. The van der Waals surface area contributed by atoms with Crippen molar-refractivity contribution in [3.63, 3.8) is 0 Å². The highest BCUT2D eigenvalue weighted by atomic mass is 16.3. The zero-order valence-corrected chi connectivity index (χ0v) is 14.4. The maximum Gasteiger partial charge on any atom is 0.0543 e. The Labute approximate surface area is 135 Å². The standard InChI is InChI=1S/C21H30O/c1-13-4-6-18-17(14(13)2)8-9-20-19(18)7-5-15-12-16(22)10-11-21(15,20)3/h4,6,15-16,19-20,22H,5,7-12H2,1-3H3/t15-,16+,19-,20-,21+/m1/s1. The molecule has 0 aliphatic heterocycles. The van der Waals surface area contributed by atoms with Crippen LogP contribution in [-0.4, -0.2) is 11.2 Å². The van der Waals surface area contributed by atoms with Crippen molar-refractivity contribution in [1.29, 1.82) is 0 Å². The van der Waals surface area contributed by atoms with Crippen LogP contribution in [0, 0.1) is 31.1 Å². The van der Waals surface area contributed by atoms with E-state index in [1.54, 1.807) is 16.7 Å². The second kappa shape index (κ2) is 5.09. The van der Waals surface area contributed by atoms with Crippen molar-refractivity contribution in [2.75, 3.05) is 0 Å². The lowest BCUT2D eigenvalue weighted by Crippen LogP contribution is -2.48. The number of aryl methyl sites for hydroxylation is 1. The Bertz CT molecular complexity index is 590. The highest BCUT2D eigenvalue weighted by Crippen LogP contribution is 2.60. The van der Waals surface area contributed by atoms with Gasteiger partial charge in [-0.05, 0) is 104 Å². The summed E-state index contributed by atoms with van der Waals surface area (Å²) in [6.07, 6.45) is 8.58. The Morgan fingerprint density at radius 1 is 1.09 bits per heavy atom. The van der Waals surface area contributed by atoms with Gasteiger partial charge in [-0.1, -0.05) is 19.1 Å². The first-order chi connectivity index (χ1) is 10.5. The van der Waals surface area contributed by atoms with Gasteiger partial charge in [0.1, 0.15) is 0 Å². The van der Waals surface area contributed by atoms with E-state index in [9.17, 15) is 5.11 Å². The molecule has 4 rings (SSSR count). The topological polar surface area (TPSA) is 20.2 Å². The minimum atomic E-state index is -0.0320. The summed E-state index contributed by atoms with van der Waals surface area (Å²) in [6.45, 7) is 7.12. The summed E-state index contributed by atoms with van der Waals surface area (Å²) in [4.78, 5) is 0. The number of benzene rings is 1. The average Bonchev–Trinajstić information content (AvgIpc) is 2.51. The zero-order valence-electron chi connectivity index (χ0n) is 14.4. The van der Waals surface area contributed by atoms with Crippen LogP contribution in [0.5, 0.6) is 0 Å². The molecule has 0 spiro atoms. The molecule has 5 atom stereocenters. The molecule has 0 radical (unpaired) electrons. The number of aliphatic hydroxyl groups excluding tert-OH is 1. The molecule has 0 heterocycles. The summed E-state index contributed by atoms with van der Waals surface area (Å²) >= 11 is 0. The molecule has 120 valence electrons. The molecule has 1 aromatic rings. The van der Waals surface area contributed by atoms with Crippen LogP contribution in [0.1, 0.15) is 73.6 Å². The summed E-state index contributed by atoms with van der Waals surface area (Å²) in [6, 6.07) is 4.78. The van der Waals surface area contributed by atoms with E-state index >= 15 is 0 Å². The number of fused-ring (bicyclic) bond motifs is 5. The van der Waals surface area contributed by atoms with Crippen LogP contribution in [0.25, 0.3) is 0 Å². The van der Waals surface area contributed by atoms with E-state index < -0.39 is 0 Å². The maximum absolute atomic E-state index is 10.1.